The highest BCUT2D eigenvalue weighted by atomic mass is 35.5. The van der Waals surface area contributed by atoms with Crippen LogP contribution >= 0.6 is 11.6 Å². The van der Waals surface area contributed by atoms with E-state index in [4.69, 9.17) is 25.8 Å². The smallest absolute Gasteiger partial charge is 0.300 e. The van der Waals surface area contributed by atoms with Crippen LogP contribution in [0.1, 0.15) is 37.9 Å². The first kappa shape index (κ1) is 26.1. The largest absolute Gasteiger partial charge is 0.507 e. The van der Waals surface area contributed by atoms with E-state index in [9.17, 15) is 14.7 Å². The summed E-state index contributed by atoms with van der Waals surface area (Å²) in [4.78, 5) is 28.1. The summed E-state index contributed by atoms with van der Waals surface area (Å²) in [5.74, 6) is -0.249. The van der Waals surface area contributed by atoms with E-state index in [1.807, 2.05) is 20.8 Å². The van der Waals surface area contributed by atoms with Gasteiger partial charge in [0.2, 0.25) is 0 Å². The maximum absolute atomic E-state index is 13.4. The Labute approximate surface area is 220 Å². The molecule has 1 atom stereocenters. The Bertz CT molecular complexity index is 1330. The third kappa shape index (κ3) is 5.27. The van der Waals surface area contributed by atoms with Crippen LogP contribution < -0.4 is 19.1 Å². The van der Waals surface area contributed by atoms with Gasteiger partial charge in [0, 0.05) is 11.3 Å². The molecular weight excluding hydrogens is 494 g/mol. The second-order valence-corrected chi connectivity index (χ2v) is 9.09. The zero-order valence-corrected chi connectivity index (χ0v) is 21.8. The van der Waals surface area contributed by atoms with Crippen molar-refractivity contribution in [2.75, 3.05) is 18.6 Å². The van der Waals surface area contributed by atoms with Gasteiger partial charge in [-0.15, -0.1) is 0 Å². The lowest BCUT2D eigenvalue weighted by Gasteiger charge is -2.26. The summed E-state index contributed by atoms with van der Waals surface area (Å²) in [5.41, 5.74) is 1.38. The number of carbonyl (C=O) groups is 2. The molecule has 0 spiro atoms. The molecule has 4 rings (SSSR count). The number of halogens is 1. The highest BCUT2D eigenvalue weighted by Crippen LogP contribution is 2.43. The Morgan fingerprint density at radius 3 is 2.24 bits per heavy atom. The van der Waals surface area contributed by atoms with Gasteiger partial charge < -0.3 is 19.3 Å². The summed E-state index contributed by atoms with van der Waals surface area (Å²) < 4.78 is 16.5. The molecule has 1 unspecified atom stereocenters. The molecule has 0 saturated carbocycles. The molecule has 0 aliphatic carbocycles. The molecule has 7 nitrogen and oxygen atoms in total. The summed E-state index contributed by atoms with van der Waals surface area (Å²) in [7, 11) is 1.46. The topological polar surface area (TPSA) is 85.3 Å². The van der Waals surface area contributed by atoms with E-state index in [0.717, 1.165) is 0 Å². The third-order valence-electron chi connectivity index (χ3n) is 5.86. The van der Waals surface area contributed by atoms with Gasteiger partial charge in [0.25, 0.3) is 11.7 Å². The van der Waals surface area contributed by atoms with Crippen LogP contribution in [0, 0.1) is 0 Å². The Morgan fingerprint density at radius 2 is 1.65 bits per heavy atom. The van der Waals surface area contributed by atoms with Crippen molar-refractivity contribution >= 4 is 34.7 Å². The highest BCUT2D eigenvalue weighted by molar-refractivity contribution is 6.51. The van der Waals surface area contributed by atoms with Crippen LogP contribution in [-0.2, 0) is 9.59 Å². The van der Waals surface area contributed by atoms with Gasteiger partial charge in [0.05, 0.1) is 36.5 Å². The quantitative estimate of drug-likeness (QED) is 0.217. The lowest BCUT2D eigenvalue weighted by Crippen LogP contribution is -2.29. The lowest BCUT2D eigenvalue weighted by molar-refractivity contribution is -0.132. The van der Waals surface area contributed by atoms with Crippen molar-refractivity contribution in [3.05, 3.63) is 88.5 Å². The van der Waals surface area contributed by atoms with Crippen LogP contribution in [0.4, 0.5) is 5.69 Å². The van der Waals surface area contributed by atoms with Crippen molar-refractivity contribution in [3.63, 3.8) is 0 Å². The van der Waals surface area contributed by atoms with Gasteiger partial charge in [-0.1, -0.05) is 23.7 Å². The van der Waals surface area contributed by atoms with E-state index in [-0.39, 0.29) is 17.4 Å². The molecule has 0 aromatic heterocycles. The maximum atomic E-state index is 13.4. The number of methoxy groups -OCH3 is 1. The standard InChI is InChI=1S/C29H28ClNO6/c1-5-36-21-13-9-20(10-14-21)31-26(18-6-11-22(12-7-18)37-17(2)3)25(28(33)29(31)34)27(32)19-8-15-23(30)24(16-19)35-4/h6-17,26,32H,5H2,1-4H3/b27-25-. The van der Waals surface area contributed by atoms with E-state index >= 15 is 0 Å². The minimum atomic E-state index is -0.882. The molecule has 1 heterocycles. The fourth-order valence-electron chi connectivity index (χ4n) is 4.25. The van der Waals surface area contributed by atoms with Crippen LogP contribution in [0.2, 0.25) is 5.02 Å². The molecule has 8 heteroatoms. The number of hydrogen-bond acceptors (Lipinski definition) is 6. The molecule has 1 N–H and O–H groups in total. The summed E-state index contributed by atoms with van der Waals surface area (Å²) in [6.07, 6.45) is -0.0137. The average Bonchev–Trinajstić information content (AvgIpc) is 3.15. The van der Waals surface area contributed by atoms with Gasteiger partial charge in [-0.3, -0.25) is 14.5 Å². The fourth-order valence-corrected chi connectivity index (χ4v) is 4.44. The highest BCUT2D eigenvalue weighted by Gasteiger charge is 2.47. The Morgan fingerprint density at radius 1 is 1.00 bits per heavy atom. The van der Waals surface area contributed by atoms with Crippen LogP contribution in [0.25, 0.3) is 5.76 Å². The summed E-state index contributed by atoms with van der Waals surface area (Å²) in [5, 5.41) is 11.7. The number of aliphatic hydroxyl groups is 1. The number of ketones is 1. The number of hydrogen-bond donors (Lipinski definition) is 1. The molecule has 192 valence electrons. The van der Waals surface area contributed by atoms with E-state index < -0.39 is 17.7 Å². The normalized spacial score (nSPS) is 16.8. The van der Waals surface area contributed by atoms with Crippen LogP contribution in [0.3, 0.4) is 0 Å². The van der Waals surface area contributed by atoms with Crippen molar-refractivity contribution in [3.8, 4) is 17.2 Å². The van der Waals surface area contributed by atoms with Crippen molar-refractivity contribution in [2.45, 2.75) is 32.9 Å². The monoisotopic (exact) mass is 521 g/mol. The molecule has 1 aliphatic heterocycles. The molecule has 0 radical (unpaired) electrons. The number of nitrogens with zero attached hydrogens (tertiary/aromatic N) is 1. The Balaban J connectivity index is 1.87. The van der Waals surface area contributed by atoms with Gasteiger partial charge in [-0.05, 0) is 80.9 Å². The molecule has 37 heavy (non-hydrogen) atoms. The number of anilines is 1. The fraction of sp³-hybridized carbons (Fsp3) is 0.241. The second kappa shape index (κ2) is 11.0. The van der Waals surface area contributed by atoms with Crippen molar-refractivity contribution < 1.29 is 28.9 Å². The van der Waals surface area contributed by atoms with Crippen LogP contribution in [0.15, 0.2) is 72.3 Å². The predicted molar refractivity (Wildman–Crippen MR) is 143 cm³/mol. The van der Waals surface area contributed by atoms with E-state index in [1.165, 1.54) is 18.1 Å². The van der Waals surface area contributed by atoms with Crippen molar-refractivity contribution in [2.24, 2.45) is 0 Å². The molecule has 3 aromatic rings. The average molecular weight is 522 g/mol. The second-order valence-electron chi connectivity index (χ2n) is 8.68. The van der Waals surface area contributed by atoms with E-state index in [2.05, 4.69) is 0 Å². The number of rotatable bonds is 8. The first-order chi connectivity index (χ1) is 17.7. The number of amides is 1. The summed E-state index contributed by atoms with van der Waals surface area (Å²) in [6, 6.07) is 17.8. The SMILES string of the molecule is CCOc1ccc(N2C(=O)C(=O)/C(=C(\O)c3ccc(Cl)c(OC)c3)C2c2ccc(OC(C)C)cc2)cc1. The molecule has 0 bridgehead atoms. The summed E-state index contributed by atoms with van der Waals surface area (Å²) in [6.45, 7) is 6.23. The molecule has 3 aromatic carbocycles. The van der Waals surface area contributed by atoms with Gasteiger partial charge >= 0.3 is 0 Å². The maximum Gasteiger partial charge on any atom is 0.300 e. The first-order valence-corrected chi connectivity index (χ1v) is 12.3. The van der Waals surface area contributed by atoms with Gasteiger partial charge in [-0.2, -0.15) is 0 Å². The van der Waals surface area contributed by atoms with Gasteiger partial charge in [0.15, 0.2) is 0 Å². The van der Waals surface area contributed by atoms with Crippen LogP contribution in [-0.4, -0.2) is 36.6 Å². The van der Waals surface area contributed by atoms with Gasteiger partial charge in [0.1, 0.15) is 23.0 Å². The minimum absolute atomic E-state index is 0.0137. The number of aliphatic hydroxyl groups excluding tert-OH is 1. The van der Waals surface area contributed by atoms with Gasteiger partial charge in [-0.25, -0.2) is 0 Å². The molecule has 1 fully saturated rings. The molecular formula is C29H28ClNO6. The predicted octanol–water partition coefficient (Wildman–Crippen LogP) is 6.16. The van der Waals surface area contributed by atoms with Crippen molar-refractivity contribution in [1.29, 1.82) is 0 Å². The number of carbonyl (C=O) groups excluding carboxylic acids is 2. The lowest BCUT2D eigenvalue weighted by atomic mass is 9.95. The zero-order chi connectivity index (χ0) is 26.7. The third-order valence-corrected chi connectivity index (χ3v) is 6.17. The molecule has 1 saturated heterocycles. The zero-order valence-electron chi connectivity index (χ0n) is 21.0. The number of ether oxygens (including phenoxy) is 3. The molecule has 1 amide bonds. The number of Topliss-reactive ketones (excluding diaryl/α,β-unsaturated/α-hetero) is 1. The number of benzene rings is 3. The Kier molecular flexibility index (Phi) is 7.74. The van der Waals surface area contributed by atoms with Crippen LogP contribution in [0.5, 0.6) is 17.2 Å². The molecule has 1 aliphatic rings. The first-order valence-electron chi connectivity index (χ1n) is 11.9. The minimum Gasteiger partial charge on any atom is -0.507 e. The van der Waals surface area contributed by atoms with E-state index in [1.54, 1.807) is 60.7 Å². The Hall–Kier alpha value is -3.97. The van der Waals surface area contributed by atoms with Crippen molar-refractivity contribution in [1.82, 2.24) is 0 Å². The summed E-state index contributed by atoms with van der Waals surface area (Å²) >= 11 is 6.15. The van der Waals surface area contributed by atoms with E-state index in [0.29, 0.717) is 45.7 Å².